The third-order valence-electron chi connectivity index (χ3n) is 2.81. The largest absolute Gasteiger partial charge is 0.480 e. The maximum Gasteiger partial charge on any atom is 0.327 e. The summed E-state index contributed by atoms with van der Waals surface area (Å²) in [7, 11) is 0. The number of nitrogens with zero attached hydrogens (tertiary/aromatic N) is 2. The minimum atomic E-state index is -1.13. The van der Waals surface area contributed by atoms with E-state index in [2.05, 4.69) is 0 Å². The number of carbonyl (C=O) groups excluding carboxylic acids is 1. The average Bonchev–Trinajstić information content (AvgIpc) is 2.86. The highest BCUT2D eigenvalue weighted by Gasteiger charge is 2.37. The Labute approximate surface area is 122 Å². The first-order valence-electron chi connectivity index (χ1n) is 5.47. The molecule has 1 atom stereocenters. The first-order valence-corrected chi connectivity index (χ1v) is 7.00. The predicted molar refractivity (Wildman–Crippen MR) is 73.0 cm³/mol. The summed E-state index contributed by atoms with van der Waals surface area (Å²) < 4.78 is 0. The van der Waals surface area contributed by atoms with E-state index in [0.29, 0.717) is 0 Å². The number of carbonyl (C=O) groups is 2. The van der Waals surface area contributed by atoms with Crippen LogP contribution >= 0.6 is 23.4 Å². The van der Waals surface area contributed by atoms with E-state index in [0.717, 1.165) is 11.0 Å². The summed E-state index contributed by atoms with van der Waals surface area (Å²) >= 11 is 7.04. The monoisotopic (exact) mass is 316 g/mol. The molecule has 1 aliphatic heterocycles. The Morgan fingerprint density at radius 2 is 2.20 bits per heavy atom. The zero-order valence-electron chi connectivity index (χ0n) is 9.98. The van der Waals surface area contributed by atoms with Gasteiger partial charge in [-0.2, -0.15) is 0 Å². The van der Waals surface area contributed by atoms with Crippen molar-refractivity contribution in [3.8, 4) is 0 Å². The molecule has 9 heteroatoms. The minimum absolute atomic E-state index is 0.178. The lowest BCUT2D eigenvalue weighted by Crippen LogP contribution is -2.41. The standard InChI is InChI=1S/C11H9ClN2O5S/c12-6-1-2-8(14(18)19)7(3-6)10(15)13-5-20-4-9(13)11(16)17/h1-3,9H,4-5H2,(H,16,17)/t9-/m0/s1. The van der Waals surface area contributed by atoms with Crippen molar-refractivity contribution in [3.05, 3.63) is 38.9 Å². The highest BCUT2D eigenvalue weighted by molar-refractivity contribution is 7.99. The number of rotatable bonds is 3. The quantitative estimate of drug-likeness (QED) is 0.674. The fourth-order valence-electron chi connectivity index (χ4n) is 1.84. The number of nitro benzene ring substituents is 1. The van der Waals surface area contributed by atoms with Crippen LogP contribution in [-0.4, -0.2) is 44.5 Å². The van der Waals surface area contributed by atoms with Gasteiger partial charge in [0.1, 0.15) is 11.6 Å². The van der Waals surface area contributed by atoms with Crippen molar-refractivity contribution in [1.29, 1.82) is 0 Å². The molecule has 0 aliphatic carbocycles. The molecule has 1 heterocycles. The highest BCUT2D eigenvalue weighted by atomic mass is 35.5. The van der Waals surface area contributed by atoms with Crippen molar-refractivity contribution in [2.24, 2.45) is 0 Å². The maximum absolute atomic E-state index is 12.3. The Hall–Kier alpha value is -1.80. The van der Waals surface area contributed by atoms with Crippen molar-refractivity contribution in [2.75, 3.05) is 11.6 Å². The Balaban J connectivity index is 2.40. The van der Waals surface area contributed by atoms with E-state index < -0.39 is 22.8 Å². The first kappa shape index (κ1) is 14.6. The number of amides is 1. The molecule has 0 saturated carbocycles. The van der Waals surface area contributed by atoms with Crippen molar-refractivity contribution in [3.63, 3.8) is 0 Å². The van der Waals surface area contributed by atoms with Crippen molar-refractivity contribution < 1.29 is 19.6 Å². The third kappa shape index (κ3) is 2.70. The molecule has 1 amide bonds. The minimum Gasteiger partial charge on any atom is -0.480 e. The third-order valence-corrected chi connectivity index (χ3v) is 4.06. The average molecular weight is 317 g/mol. The van der Waals surface area contributed by atoms with Gasteiger partial charge in [-0.05, 0) is 12.1 Å². The Morgan fingerprint density at radius 3 is 2.80 bits per heavy atom. The SMILES string of the molecule is O=C(O)[C@@H]1CSCN1C(=O)c1cc(Cl)ccc1[N+](=O)[O-]. The molecule has 0 bridgehead atoms. The Kier molecular flexibility index (Phi) is 4.15. The van der Waals surface area contributed by atoms with Gasteiger partial charge in [0.05, 0.1) is 10.8 Å². The van der Waals surface area contributed by atoms with Gasteiger partial charge in [-0.15, -0.1) is 11.8 Å². The Morgan fingerprint density at radius 1 is 1.50 bits per heavy atom. The fraction of sp³-hybridized carbons (Fsp3) is 0.273. The van der Waals surface area contributed by atoms with E-state index in [1.807, 2.05) is 0 Å². The van der Waals surface area contributed by atoms with E-state index in [9.17, 15) is 19.7 Å². The zero-order chi connectivity index (χ0) is 14.9. The Bertz CT molecular complexity index is 594. The van der Waals surface area contributed by atoms with E-state index in [1.165, 1.54) is 23.9 Å². The molecule has 7 nitrogen and oxygen atoms in total. The molecule has 0 aromatic heterocycles. The predicted octanol–water partition coefficient (Wildman–Crippen LogP) is 1.85. The molecule has 1 aromatic rings. The number of carboxylic acids is 1. The molecule has 106 valence electrons. The maximum atomic E-state index is 12.3. The molecule has 1 saturated heterocycles. The second-order valence-electron chi connectivity index (χ2n) is 4.05. The van der Waals surface area contributed by atoms with Gasteiger partial charge in [0.2, 0.25) is 0 Å². The molecular formula is C11H9ClN2O5S. The van der Waals surface area contributed by atoms with Crippen LogP contribution in [0.5, 0.6) is 0 Å². The number of halogens is 1. The van der Waals surface area contributed by atoms with Crippen LogP contribution in [-0.2, 0) is 4.79 Å². The lowest BCUT2D eigenvalue weighted by Gasteiger charge is -2.20. The summed E-state index contributed by atoms with van der Waals surface area (Å²) in [5, 5.41) is 20.2. The number of aliphatic carboxylic acids is 1. The molecule has 1 aromatic carbocycles. The number of hydrogen-bond donors (Lipinski definition) is 1. The van der Waals surface area contributed by atoms with Gasteiger partial charge < -0.3 is 10.0 Å². The smallest absolute Gasteiger partial charge is 0.327 e. The van der Waals surface area contributed by atoms with E-state index >= 15 is 0 Å². The van der Waals surface area contributed by atoms with E-state index in [4.69, 9.17) is 16.7 Å². The molecule has 2 rings (SSSR count). The molecule has 1 fully saturated rings. The van der Waals surface area contributed by atoms with Crippen molar-refractivity contribution in [2.45, 2.75) is 6.04 Å². The molecular weight excluding hydrogens is 308 g/mol. The van der Waals surface area contributed by atoms with Crippen LogP contribution in [0.4, 0.5) is 5.69 Å². The molecule has 20 heavy (non-hydrogen) atoms. The zero-order valence-corrected chi connectivity index (χ0v) is 11.6. The van der Waals surface area contributed by atoms with Crippen LogP contribution in [0.1, 0.15) is 10.4 Å². The van der Waals surface area contributed by atoms with E-state index in [-0.39, 0.29) is 27.9 Å². The summed E-state index contributed by atoms with van der Waals surface area (Å²) in [5.74, 6) is -1.39. The van der Waals surface area contributed by atoms with Gasteiger partial charge >= 0.3 is 5.97 Å². The summed E-state index contributed by atoms with van der Waals surface area (Å²) in [5.41, 5.74) is -0.586. The normalized spacial score (nSPS) is 18.1. The summed E-state index contributed by atoms with van der Waals surface area (Å²) in [6.45, 7) is 0. The van der Waals surface area contributed by atoms with Gasteiger partial charge in [-0.3, -0.25) is 14.9 Å². The number of benzene rings is 1. The highest BCUT2D eigenvalue weighted by Crippen LogP contribution is 2.28. The molecule has 1 N–H and O–H groups in total. The van der Waals surface area contributed by atoms with Gasteiger partial charge in [-0.25, -0.2) is 4.79 Å². The van der Waals surface area contributed by atoms with Crippen LogP contribution in [0, 0.1) is 10.1 Å². The summed E-state index contributed by atoms with van der Waals surface area (Å²) in [6, 6.07) is 2.65. The number of nitro groups is 1. The molecule has 0 radical (unpaired) electrons. The van der Waals surface area contributed by atoms with Gasteiger partial charge in [0, 0.05) is 16.8 Å². The van der Waals surface area contributed by atoms with Gasteiger partial charge in [-0.1, -0.05) is 11.6 Å². The molecule has 1 aliphatic rings. The molecule has 0 spiro atoms. The number of hydrogen-bond acceptors (Lipinski definition) is 5. The van der Waals surface area contributed by atoms with Crippen LogP contribution in [0.3, 0.4) is 0 Å². The van der Waals surface area contributed by atoms with Crippen LogP contribution < -0.4 is 0 Å². The fourth-order valence-corrected chi connectivity index (χ4v) is 3.16. The second kappa shape index (κ2) is 5.68. The summed E-state index contributed by atoms with van der Waals surface area (Å²) in [6.07, 6.45) is 0. The van der Waals surface area contributed by atoms with Gasteiger partial charge in [0.15, 0.2) is 0 Å². The lowest BCUT2D eigenvalue weighted by molar-refractivity contribution is -0.385. The topological polar surface area (TPSA) is 101 Å². The van der Waals surface area contributed by atoms with Crippen LogP contribution in [0.25, 0.3) is 0 Å². The van der Waals surface area contributed by atoms with Crippen LogP contribution in [0.2, 0.25) is 5.02 Å². The van der Waals surface area contributed by atoms with Crippen molar-refractivity contribution in [1.82, 2.24) is 4.90 Å². The first-order chi connectivity index (χ1) is 9.41. The van der Waals surface area contributed by atoms with Gasteiger partial charge in [0.25, 0.3) is 11.6 Å². The van der Waals surface area contributed by atoms with Crippen LogP contribution in [0.15, 0.2) is 18.2 Å². The lowest BCUT2D eigenvalue weighted by atomic mass is 10.1. The van der Waals surface area contributed by atoms with Crippen molar-refractivity contribution >= 4 is 40.9 Å². The molecule has 0 unspecified atom stereocenters. The summed E-state index contributed by atoms with van der Waals surface area (Å²) in [4.78, 5) is 34.7. The number of carboxylic acid groups (broad SMARTS) is 1. The number of thioether (sulfide) groups is 1. The van der Waals surface area contributed by atoms with E-state index in [1.54, 1.807) is 0 Å². The second-order valence-corrected chi connectivity index (χ2v) is 5.48.